The first-order valence-electron chi connectivity index (χ1n) is 10.8. The van der Waals surface area contributed by atoms with Crippen molar-refractivity contribution < 1.29 is 9.59 Å². The number of H-pyrrole nitrogens is 1. The van der Waals surface area contributed by atoms with Crippen LogP contribution in [-0.2, 0) is 16.0 Å². The van der Waals surface area contributed by atoms with Gasteiger partial charge in [-0.05, 0) is 36.8 Å². The molecule has 4 rings (SSSR count). The highest BCUT2D eigenvalue weighted by Gasteiger charge is 2.16. The number of rotatable bonds is 7. The maximum Gasteiger partial charge on any atom is 0.292 e. The smallest absolute Gasteiger partial charge is 0.292 e. The van der Waals surface area contributed by atoms with Crippen molar-refractivity contribution in [3.05, 3.63) is 106 Å². The van der Waals surface area contributed by atoms with Crippen LogP contribution in [0.3, 0.4) is 0 Å². The van der Waals surface area contributed by atoms with Crippen molar-refractivity contribution in [2.24, 2.45) is 0 Å². The SMILES string of the molecule is Cc1ccc(Nc2nc(-c3ccc(NC(=O)C(=O)Cc4ccccc4)cc3)c(C#N)c(=O)[nH]2)cc1. The summed E-state index contributed by atoms with van der Waals surface area (Å²) in [5.41, 5.74) is 2.98. The van der Waals surface area contributed by atoms with Crippen LogP contribution in [-0.4, -0.2) is 21.7 Å². The minimum Gasteiger partial charge on any atom is -0.326 e. The summed E-state index contributed by atoms with van der Waals surface area (Å²) in [6.07, 6.45) is 0.00373. The molecule has 8 nitrogen and oxygen atoms in total. The van der Waals surface area contributed by atoms with Gasteiger partial charge >= 0.3 is 0 Å². The van der Waals surface area contributed by atoms with E-state index in [4.69, 9.17) is 0 Å². The van der Waals surface area contributed by atoms with E-state index < -0.39 is 17.2 Å². The standard InChI is InChI=1S/C27H21N5O3/c1-17-7-11-21(12-8-17)30-27-31-24(22(16-28)25(34)32-27)19-9-13-20(14-10-19)29-26(35)23(33)15-18-5-3-2-4-6-18/h2-14H,15H2,1H3,(H,29,35)(H2,30,31,32,34). The molecule has 0 unspecified atom stereocenters. The lowest BCUT2D eigenvalue weighted by atomic mass is 10.1. The number of carbonyl (C=O) groups excluding carboxylic acids is 2. The molecule has 8 heteroatoms. The van der Waals surface area contributed by atoms with Gasteiger partial charge in [-0.1, -0.05) is 60.2 Å². The predicted octanol–water partition coefficient (Wildman–Crippen LogP) is 4.11. The number of nitriles is 1. The molecule has 4 aromatic rings. The Labute approximate surface area is 201 Å². The molecule has 3 aromatic carbocycles. The van der Waals surface area contributed by atoms with Crippen molar-refractivity contribution in [2.75, 3.05) is 10.6 Å². The maximum atomic E-state index is 12.5. The van der Waals surface area contributed by atoms with Gasteiger partial charge in [0.25, 0.3) is 11.5 Å². The summed E-state index contributed by atoms with van der Waals surface area (Å²) < 4.78 is 0. The molecule has 1 heterocycles. The quantitative estimate of drug-likeness (QED) is 0.354. The molecule has 0 aliphatic carbocycles. The van der Waals surface area contributed by atoms with Gasteiger partial charge in [0.05, 0.1) is 5.69 Å². The van der Waals surface area contributed by atoms with Gasteiger partial charge in [0, 0.05) is 23.4 Å². The number of ketones is 1. The molecule has 0 saturated carbocycles. The van der Waals surface area contributed by atoms with Gasteiger partial charge < -0.3 is 10.6 Å². The third-order valence-corrected chi connectivity index (χ3v) is 5.22. The second kappa shape index (κ2) is 10.3. The predicted molar refractivity (Wildman–Crippen MR) is 133 cm³/mol. The Kier molecular flexibility index (Phi) is 6.79. The normalized spacial score (nSPS) is 10.3. The summed E-state index contributed by atoms with van der Waals surface area (Å²) in [6.45, 7) is 1.97. The molecule has 0 radical (unpaired) electrons. The average molecular weight is 463 g/mol. The molecule has 0 bridgehead atoms. The first-order valence-corrected chi connectivity index (χ1v) is 10.8. The van der Waals surface area contributed by atoms with Gasteiger partial charge in [-0.3, -0.25) is 19.4 Å². The molecule has 0 fully saturated rings. The molecular weight excluding hydrogens is 442 g/mol. The Morgan fingerprint density at radius 3 is 2.26 bits per heavy atom. The van der Waals surface area contributed by atoms with E-state index in [1.165, 1.54) is 0 Å². The van der Waals surface area contributed by atoms with Crippen molar-refractivity contribution >= 4 is 29.0 Å². The van der Waals surface area contributed by atoms with Crippen molar-refractivity contribution in [3.8, 4) is 17.3 Å². The third kappa shape index (κ3) is 5.67. The van der Waals surface area contributed by atoms with Gasteiger partial charge in [0.1, 0.15) is 11.6 Å². The highest BCUT2D eigenvalue weighted by Crippen LogP contribution is 2.23. The maximum absolute atomic E-state index is 12.5. The van der Waals surface area contributed by atoms with E-state index in [-0.39, 0.29) is 23.6 Å². The van der Waals surface area contributed by atoms with Crippen LogP contribution in [0.4, 0.5) is 17.3 Å². The Morgan fingerprint density at radius 1 is 0.943 bits per heavy atom. The van der Waals surface area contributed by atoms with Gasteiger partial charge in [0.2, 0.25) is 11.7 Å². The molecule has 1 amide bonds. The van der Waals surface area contributed by atoms with Gasteiger partial charge in [-0.25, -0.2) is 4.98 Å². The minimum absolute atomic E-state index is 0.00373. The van der Waals surface area contributed by atoms with Crippen LogP contribution in [0, 0.1) is 18.3 Å². The number of nitrogens with one attached hydrogen (secondary N) is 3. The minimum atomic E-state index is -0.724. The van der Waals surface area contributed by atoms with Crippen LogP contribution < -0.4 is 16.2 Å². The zero-order chi connectivity index (χ0) is 24.8. The lowest BCUT2D eigenvalue weighted by Crippen LogP contribution is -2.24. The van der Waals surface area contributed by atoms with Gasteiger partial charge in [-0.2, -0.15) is 5.26 Å². The fraction of sp³-hybridized carbons (Fsp3) is 0.0741. The molecule has 0 spiro atoms. The van der Waals surface area contributed by atoms with Crippen LogP contribution in [0.25, 0.3) is 11.3 Å². The van der Waals surface area contributed by atoms with Crippen molar-refractivity contribution in [1.82, 2.24) is 9.97 Å². The zero-order valence-electron chi connectivity index (χ0n) is 18.8. The topological polar surface area (TPSA) is 128 Å². The fourth-order valence-electron chi connectivity index (χ4n) is 3.39. The van der Waals surface area contributed by atoms with Crippen molar-refractivity contribution in [2.45, 2.75) is 13.3 Å². The molecule has 0 aliphatic rings. The molecule has 0 atom stereocenters. The van der Waals surface area contributed by atoms with E-state index in [1.54, 1.807) is 48.5 Å². The second-order valence-electron chi connectivity index (χ2n) is 7.86. The number of benzene rings is 3. The van der Waals surface area contributed by atoms with Crippen molar-refractivity contribution in [1.29, 1.82) is 5.26 Å². The number of carbonyl (C=O) groups is 2. The summed E-state index contributed by atoms with van der Waals surface area (Å²) in [7, 11) is 0. The number of Topliss-reactive ketones (excluding diaryl/α,β-unsaturated/α-hetero) is 1. The van der Waals surface area contributed by atoms with E-state index in [0.29, 0.717) is 11.3 Å². The molecule has 172 valence electrons. The van der Waals surface area contributed by atoms with E-state index in [2.05, 4.69) is 20.6 Å². The number of hydrogen-bond acceptors (Lipinski definition) is 6. The fourth-order valence-corrected chi connectivity index (χ4v) is 3.39. The lowest BCUT2D eigenvalue weighted by molar-refractivity contribution is -0.134. The average Bonchev–Trinajstić information content (AvgIpc) is 2.86. The molecular formula is C27H21N5O3. The number of aryl methyl sites for hydroxylation is 1. The zero-order valence-corrected chi connectivity index (χ0v) is 18.8. The van der Waals surface area contributed by atoms with Crippen LogP contribution in [0.5, 0.6) is 0 Å². The van der Waals surface area contributed by atoms with Crippen LogP contribution in [0.15, 0.2) is 83.7 Å². The van der Waals surface area contributed by atoms with E-state index >= 15 is 0 Å². The van der Waals surface area contributed by atoms with Crippen LogP contribution >= 0.6 is 0 Å². The van der Waals surface area contributed by atoms with E-state index in [0.717, 1.165) is 16.8 Å². The van der Waals surface area contributed by atoms with E-state index in [1.807, 2.05) is 43.3 Å². The number of nitrogens with zero attached hydrogens (tertiary/aromatic N) is 2. The largest absolute Gasteiger partial charge is 0.326 e. The highest BCUT2D eigenvalue weighted by molar-refractivity contribution is 6.41. The number of aromatic nitrogens is 2. The summed E-state index contributed by atoms with van der Waals surface area (Å²) in [6, 6.07) is 24.9. The van der Waals surface area contributed by atoms with Gasteiger partial charge in [-0.15, -0.1) is 0 Å². The monoisotopic (exact) mass is 463 g/mol. The van der Waals surface area contributed by atoms with Crippen LogP contribution in [0.1, 0.15) is 16.7 Å². The second-order valence-corrected chi connectivity index (χ2v) is 7.86. The first kappa shape index (κ1) is 23.1. The Bertz CT molecular complexity index is 1470. The van der Waals surface area contributed by atoms with Crippen molar-refractivity contribution in [3.63, 3.8) is 0 Å². The third-order valence-electron chi connectivity index (χ3n) is 5.22. The lowest BCUT2D eigenvalue weighted by Gasteiger charge is -2.10. The van der Waals surface area contributed by atoms with Gasteiger partial charge in [0.15, 0.2) is 0 Å². The molecule has 3 N–H and O–H groups in total. The Morgan fingerprint density at radius 2 is 1.60 bits per heavy atom. The Balaban J connectivity index is 1.52. The first-order chi connectivity index (χ1) is 16.9. The van der Waals surface area contributed by atoms with Crippen LogP contribution in [0.2, 0.25) is 0 Å². The summed E-state index contributed by atoms with van der Waals surface area (Å²) in [5, 5.41) is 15.1. The number of amides is 1. The number of aromatic amines is 1. The molecule has 0 aliphatic heterocycles. The molecule has 1 aromatic heterocycles. The number of hydrogen-bond donors (Lipinski definition) is 3. The molecule has 35 heavy (non-hydrogen) atoms. The summed E-state index contributed by atoms with van der Waals surface area (Å²) in [4.78, 5) is 44.0. The molecule has 0 saturated heterocycles. The summed E-state index contributed by atoms with van der Waals surface area (Å²) >= 11 is 0. The number of anilines is 3. The summed E-state index contributed by atoms with van der Waals surface area (Å²) in [5.74, 6) is -1.09. The Hall–Kier alpha value is -5.03. The highest BCUT2D eigenvalue weighted by atomic mass is 16.2. The van der Waals surface area contributed by atoms with E-state index in [9.17, 15) is 19.6 Å².